The van der Waals surface area contributed by atoms with Crippen LogP contribution in [0.3, 0.4) is 0 Å². The van der Waals surface area contributed by atoms with Crippen LogP contribution in [0.4, 0.5) is 0 Å². The van der Waals surface area contributed by atoms with E-state index in [9.17, 15) is 0 Å². The van der Waals surface area contributed by atoms with Crippen LogP contribution in [0, 0.1) is 13.8 Å². The molecule has 1 aromatic carbocycles. The van der Waals surface area contributed by atoms with Gasteiger partial charge in [-0.25, -0.2) is 4.98 Å². The maximum Gasteiger partial charge on any atom is 0.107 e. The van der Waals surface area contributed by atoms with E-state index in [0.717, 1.165) is 18.8 Å². The Morgan fingerprint density at radius 2 is 1.84 bits per heavy atom. The number of thiazole rings is 1. The Labute approximate surface area is 119 Å². The van der Waals surface area contributed by atoms with Crippen LogP contribution in [0.2, 0.25) is 0 Å². The minimum Gasteiger partial charge on any atom is -0.310 e. The van der Waals surface area contributed by atoms with Gasteiger partial charge in [-0.2, -0.15) is 0 Å². The highest BCUT2D eigenvalue weighted by Gasteiger charge is 2.19. The van der Waals surface area contributed by atoms with Gasteiger partial charge in [0.2, 0.25) is 0 Å². The average Bonchev–Trinajstić information content (AvgIpc) is 2.69. The molecule has 0 aliphatic heterocycles. The highest BCUT2D eigenvalue weighted by Crippen LogP contribution is 2.22. The van der Waals surface area contributed by atoms with Gasteiger partial charge in [0.25, 0.3) is 0 Å². The van der Waals surface area contributed by atoms with E-state index in [1.54, 1.807) is 11.3 Å². The third kappa shape index (κ3) is 3.64. The first-order chi connectivity index (χ1) is 8.99. The summed E-state index contributed by atoms with van der Waals surface area (Å²) in [5, 5.41) is 4.71. The van der Waals surface area contributed by atoms with Crippen LogP contribution in [0.15, 0.2) is 30.3 Å². The zero-order valence-corrected chi connectivity index (χ0v) is 13.0. The SMILES string of the molecule is Cc1nc(CNCC(C)(C)c2ccccc2)sc1C. The second-order valence-corrected chi connectivity index (χ2v) is 6.89. The molecule has 102 valence electrons. The highest BCUT2D eigenvalue weighted by molar-refractivity contribution is 7.11. The van der Waals surface area contributed by atoms with Crippen LogP contribution < -0.4 is 5.32 Å². The van der Waals surface area contributed by atoms with Crippen molar-refractivity contribution in [3.8, 4) is 0 Å². The van der Waals surface area contributed by atoms with Crippen molar-refractivity contribution in [3.63, 3.8) is 0 Å². The van der Waals surface area contributed by atoms with Crippen molar-refractivity contribution in [1.82, 2.24) is 10.3 Å². The van der Waals surface area contributed by atoms with Crippen molar-refractivity contribution in [1.29, 1.82) is 0 Å². The van der Waals surface area contributed by atoms with Gasteiger partial charge in [-0.3, -0.25) is 0 Å². The molecule has 0 aliphatic rings. The lowest BCUT2D eigenvalue weighted by atomic mass is 9.85. The molecule has 2 nitrogen and oxygen atoms in total. The molecule has 19 heavy (non-hydrogen) atoms. The second kappa shape index (κ2) is 5.85. The van der Waals surface area contributed by atoms with Crippen LogP contribution in [0.5, 0.6) is 0 Å². The van der Waals surface area contributed by atoms with Crippen LogP contribution in [0.1, 0.15) is 35.0 Å². The molecule has 0 aliphatic carbocycles. The Hall–Kier alpha value is -1.19. The first-order valence-electron chi connectivity index (χ1n) is 6.68. The molecule has 0 fully saturated rings. The van der Waals surface area contributed by atoms with Gasteiger partial charge in [0, 0.05) is 23.4 Å². The van der Waals surface area contributed by atoms with Gasteiger partial charge in [-0.05, 0) is 19.4 Å². The zero-order chi connectivity index (χ0) is 13.9. The van der Waals surface area contributed by atoms with Crippen LogP contribution in [-0.2, 0) is 12.0 Å². The van der Waals surface area contributed by atoms with Crippen LogP contribution >= 0.6 is 11.3 Å². The lowest BCUT2D eigenvalue weighted by molar-refractivity contribution is 0.468. The molecule has 0 atom stereocenters. The number of aromatic nitrogens is 1. The molecule has 0 bridgehead atoms. The normalized spacial score (nSPS) is 11.8. The summed E-state index contributed by atoms with van der Waals surface area (Å²) in [6.07, 6.45) is 0. The monoisotopic (exact) mass is 274 g/mol. The maximum atomic E-state index is 4.56. The van der Waals surface area contributed by atoms with Crippen molar-refractivity contribution in [2.45, 2.75) is 39.7 Å². The molecular formula is C16H22N2S. The third-order valence-corrected chi connectivity index (χ3v) is 4.54. The smallest absolute Gasteiger partial charge is 0.107 e. The van der Waals surface area contributed by atoms with E-state index in [2.05, 4.69) is 68.3 Å². The van der Waals surface area contributed by atoms with Crippen molar-refractivity contribution in [2.24, 2.45) is 0 Å². The van der Waals surface area contributed by atoms with E-state index in [1.807, 2.05) is 0 Å². The van der Waals surface area contributed by atoms with Gasteiger partial charge < -0.3 is 5.32 Å². The summed E-state index contributed by atoms with van der Waals surface area (Å²) < 4.78 is 0. The Morgan fingerprint density at radius 1 is 1.16 bits per heavy atom. The van der Waals surface area contributed by atoms with Crippen LogP contribution in [0.25, 0.3) is 0 Å². The number of rotatable bonds is 5. The molecular weight excluding hydrogens is 252 g/mol. The fourth-order valence-corrected chi connectivity index (χ4v) is 2.99. The molecule has 0 saturated heterocycles. The third-order valence-electron chi connectivity index (χ3n) is 3.47. The molecule has 2 rings (SSSR count). The Morgan fingerprint density at radius 3 is 2.42 bits per heavy atom. The number of hydrogen-bond acceptors (Lipinski definition) is 3. The van der Waals surface area contributed by atoms with Gasteiger partial charge in [-0.1, -0.05) is 44.2 Å². The molecule has 0 amide bonds. The first kappa shape index (κ1) is 14.2. The van der Waals surface area contributed by atoms with E-state index < -0.39 is 0 Å². The average molecular weight is 274 g/mol. The topological polar surface area (TPSA) is 24.9 Å². The maximum absolute atomic E-state index is 4.56. The number of nitrogens with one attached hydrogen (secondary N) is 1. The van der Waals surface area contributed by atoms with Crippen LogP contribution in [-0.4, -0.2) is 11.5 Å². The molecule has 1 aromatic heterocycles. The Kier molecular flexibility index (Phi) is 4.38. The fourth-order valence-electron chi connectivity index (χ4n) is 2.09. The molecule has 1 N–H and O–H groups in total. The van der Waals surface area contributed by atoms with E-state index in [1.165, 1.54) is 15.4 Å². The fraction of sp³-hybridized carbons (Fsp3) is 0.438. The molecule has 0 spiro atoms. The Bertz CT molecular complexity index is 509. The molecule has 3 heteroatoms. The summed E-state index contributed by atoms with van der Waals surface area (Å²) in [6, 6.07) is 10.7. The molecule has 0 saturated carbocycles. The molecule has 0 radical (unpaired) electrons. The van der Waals surface area contributed by atoms with E-state index in [-0.39, 0.29) is 5.41 Å². The van der Waals surface area contributed by atoms with Gasteiger partial charge in [-0.15, -0.1) is 11.3 Å². The molecule has 0 unspecified atom stereocenters. The number of benzene rings is 1. The van der Waals surface area contributed by atoms with E-state index >= 15 is 0 Å². The van der Waals surface area contributed by atoms with Gasteiger partial charge in [0.15, 0.2) is 0 Å². The number of aryl methyl sites for hydroxylation is 2. The van der Waals surface area contributed by atoms with Crippen molar-refractivity contribution < 1.29 is 0 Å². The molecule has 1 heterocycles. The quantitative estimate of drug-likeness (QED) is 0.896. The van der Waals surface area contributed by atoms with Crippen molar-refractivity contribution in [3.05, 3.63) is 51.5 Å². The van der Waals surface area contributed by atoms with Gasteiger partial charge >= 0.3 is 0 Å². The summed E-state index contributed by atoms with van der Waals surface area (Å²) >= 11 is 1.79. The minimum absolute atomic E-state index is 0.141. The van der Waals surface area contributed by atoms with E-state index in [0.29, 0.717) is 0 Å². The highest BCUT2D eigenvalue weighted by atomic mass is 32.1. The van der Waals surface area contributed by atoms with Gasteiger partial charge in [0.1, 0.15) is 5.01 Å². The summed E-state index contributed by atoms with van der Waals surface area (Å²) in [5.41, 5.74) is 2.67. The summed E-state index contributed by atoms with van der Waals surface area (Å²) in [7, 11) is 0. The number of hydrogen-bond donors (Lipinski definition) is 1. The lowest BCUT2D eigenvalue weighted by Crippen LogP contribution is -2.32. The largest absolute Gasteiger partial charge is 0.310 e. The first-order valence-corrected chi connectivity index (χ1v) is 7.50. The Balaban J connectivity index is 1.91. The minimum atomic E-state index is 0.141. The predicted octanol–water partition coefficient (Wildman–Crippen LogP) is 3.83. The summed E-state index contributed by atoms with van der Waals surface area (Å²) in [4.78, 5) is 5.88. The summed E-state index contributed by atoms with van der Waals surface area (Å²) in [5.74, 6) is 0. The predicted molar refractivity (Wildman–Crippen MR) is 82.8 cm³/mol. The molecule has 2 aromatic rings. The van der Waals surface area contributed by atoms with E-state index in [4.69, 9.17) is 0 Å². The standard InChI is InChI=1S/C16H22N2S/c1-12-13(2)19-15(18-12)10-17-11-16(3,4)14-8-6-5-7-9-14/h5-9,17H,10-11H2,1-4H3. The number of nitrogens with zero attached hydrogens (tertiary/aromatic N) is 1. The lowest BCUT2D eigenvalue weighted by Gasteiger charge is -2.25. The summed E-state index contributed by atoms with van der Waals surface area (Å²) in [6.45, 7) is 10.6. The zero-order valence-electron chi connectivity index (χ0n) is 12.2. The van der Waals surface area contributed by atoms with Crippen molar-refractivity contribution in [2.75, 3.05) is 6.54 Å². The van der Waals surface area contributed by atoms with Crippen molar-refractivity contribution >= 4 is 11.3 Å². The van der Waals surface area contributed by atoms with Gasteiger partial charge in [0.05, 0.1) is 5.69 Å². The second-order valence-electron chi connectivity index (χ2n) is 5.60.